The first-order valence-electron chi connectivity index (χ1n) is 8.56. The number of ether oxygens (including phenoxy) is 1. The van der Waals surface area contributed by atoms with Crippen molar-refractivity contribution in [2.45, 2.75) is 53.6 Å². The van der Waals surface area contributed by atoms with Gasteiger partial charge in [0.1, 0.15) is 6.10 Å². The zero-order valence-corrected chi connectivity index (χ0v) is 15.4. The Kier molecular flexibility index (Phi) is 5.32. The average molecular weight is 330 g/mol. The predicted octanol–water partition coefficient (Wildman–Crippen LogP) is 4.56. The molecule has 3 atom stereocenters. The first kappa shape index (κ1) is 18.4. The van der Waals surface area contributed by atoms with Gasteiger partial charge in [0.05, 0.1) is 12.3 Å². The number of hydrogen-bond donors (Lipinski definition) is 0. The number of hydrogen-bond acceptors (Lipinski definition) is 3. The van der Waals surface area contributed by atoms with E-state index in [1.165, 1.54) is 5.57 Å². The van der Waals surface area contributed by atoms with Crippen molar-refractivity contribution in [1.82, 2.24) is 0 Å². The Hall–Kier alpha value is -1.90. The van der Waals surface area contributed by atoms with Crippen molar-refractivity contribution in [2.75, 3.05) is 0 Å². The summed E-state index contributed by atoms with van der Waals surface area (Å²) in [7, 11) is 0. The van der Waals surface area contributed by atoms with E-state index in [1.54, 1.807) is 6.08 Å². The van der Waals surface area contributed by atoms with E-state index < -0.39 is 6.10 Å². The number of Topliss-reactive ketones (excluding diaryl/α,β-unsaturated/α-hetero) is 1. The SMILES string of the molecule is C=C/C=C\CC1=C(C)[C@@H](OC(=O)[14C@@H]2[C@@H](C=C(C)C)C2(C)C)CC1=O. The fourth-order valence-electron chi connectivity index (χ4n) is 3.56. The number of carbonyl (C=O) groups is 2. The zero-order chi connectivity index (χ0) is 18.1. The van der Waals surface area contributed by atoms with Crippen LogP contribution in [0.2, 0.25) is 0 Å². The first-order chi connectivity index (χ1) is 11.2. The lowest BCUT2D eigenvalue weighted by Crippen LogP contribution is -2.20. The Morgan fingerprint density at radius 1 is 1.42 bits per heavy atom. The minimum Gasteiger partial charge on any atom is -0.457 e. The number of carbonyl (C=O) groups excluding carboxylic acids is 2. The maximum Gasteiger partial charge on any atom is 0.310 e. The van der Waals surface area contributed by atoms with E-state index in [1.807, 2.05) is 32.9 Å². The third-order valence-electron chi connectivity index (χ3n) is 5.20. The molecular weight excluding hydrogens is 302 g/mol. The topological polar surface area (TPSA) is 43.4 Å². The second-order valence-corrected chi connectivity index (χ2v) is 7.65. The Morgan fingerprint density at radius 3 is 2.67 bits per heavy atom. The number of ketones is 1. The van der Waals surface area contributed by atoms with Gasteiger partial charge in [-0.2, -0.15) is 0 Å². The monoisotopic (exact) mass is 330 g/mol. The molecule has 0 bridgehead atoms. The highest BCUT2D eigenvalue weighted by molar-refractivity contribution is 6.00. The molecule has 0 aromatic carbocycles. The van der Waals surface area contributed by atoms with Crippen molar-refractivity contribution in [1.29, 1.82) is 0 Å². The smallest absolute Gasteiger partial charge is 0.310 e. The van der Waals surface area contributed by atoms with E-state index in [0.29, 0.717) is 6.42 Å². The van der Waals surface area contributed by atoms with Crippen LogP contribution in [0.4, 0.5) is 0 Å². The number of esters is 1. The fraction of sp³-hybridized carbons (Fsp3) is 0.524. The molecule has 0 radical (unpaired) electrons. The first-order valence-corrected chi connectivity index (χ1v) is 8.56. The van der Waals surface area contributed by atoms with Crippen LogP contribution in [0.25, 0.3) is 0 Å². The molecule has 0 aromatic rings. The maximum atomic E-state index is 12.6. The predicted molar refractivity (Wildman–Crippen MR) is 96.4 cm³/mol. The van der Waals surface area contributed by atoms with Crippen LogP contribution in [-0.2, 0) is 14.3 Å². The van der Waals surface area contributed by atoms with Crippen molar-refractivity contribution < 1.29 is 14.3 Å². The Bertz CT molecular complexity index is 642. The van der Waals surface area contributed by atoms with Crippen molar-refractivity contribution in [2.24, 2.45) is 17.3 Å². The van der Waals surface area contributed by atoms with Crippen molar-refractivity contribution in [3.8, 4) is 0 Å². The summed E-state index contributed by atoms with van der Waals surface area (Å²) in [5.41, 5.74) is 2.80. The van der Waals surface area contributed by atoms with Crippen LogP contribution in [-0.4, -0.2) is 17.9 Å². The summed E-state index contributed by atoms with van der Waals surface area (Å²) in [5.74, 6) is 0.0175. The van der Waals surface area contributed by atoms with Crippen LogP contribution in [0.1, 0.15) is 47.5 Å². The second kappa shape index (κ2) is 6.92. The molecule has 0 aromatic heterocycles. The maximum absolute atomic E-state index is 12.6. The Labute approximate surface area is 145 Å². The van der Waals surface area contributed by atoms with Crippen LogP contribution in [0.5, 0.6) is 0 Å². The van der Waals surface area contributed by atoms with Gasteiger partial charge in [0.25, 0.3) is 0 Å². The van der Waals surface area contributed by atoms with E-state index >= 15 is 0 Å². The molecule has 0 saturated heterocycles. The van der Waals surface area contributed by atoms with Crippen LogP contribution < -0.4 is 0 Å². The molecule has 2 rings (SSSR count). The minimum absolute atomic E-state index is 0.0654. The Balaban J connectivity index is 2.05. The van der Waals surface area contributed by atoms with Gasteiger partial charge in [-0.15, -0.1) is 0 Å². The van der Waals surface area contributed by atoms with Crippen LogP contribution in [0, 0.1) is 17.3 Å². The van der Waals surface area contributed by atoms with Gasteiger partial charge in [-0.1, -0.05) is 50.3 Å². The van der Waals surface area contributed by atoms with E-state index in [9.17, 15) is 9.59 Å². The van der Waals surface area contributed by atoms with Crippen molar-refractivity contribution in [3.05, 3.63) is 47.6 Å². The summed E-state index contributed by atoms with van der Waals surface area (Å²) in [6.45, 7) is 13.8. The molecule has 2 aliphatic carbocycles. The summed E-state index contributed by atoms with van der Waals surface area (Å²) in [6.07, 6.45) is 8.01. The van der Waals surface area contributed by atoms with Crippen LogP contribution in [0.15, 0.2) is 47.6 Å². The van der Waals surface area contributed by atoms with Gasteiger partial charge in [-0.05, 0) is 44.1 Å². The summed E-state index contributed by atoms with van der Waals surface area (Å²) < 4.78 is 5.71. The molecule has 0 spiro atoms. The van der Waals surface area contributed by atoms with Gasteiger partial charge < -0.3 is 4.74 Å². The normalized spacial score (nSPS) is 28.2. The molecule has 0 amide bonds. The van der Waals surface area contributed by atoms with Gasteiger partial charge in [0.15, 0.2) is 5.78 Å². The highest BCUT2D eigenvalue weighted by atomic mass is 16.6. The van der Waals surface area contributed by atoms with Gasteiger partial charge in [0, 0.05) is 5.57 Å². The van der Waals surface area contributed by atoms with E-state index in [2.05, 4.69) is 26.5 Å². The zero-order valence-electron chi connectivity index (χ0n) is 15.4. The number of allylic oxidation sites excluding steroid dienone is 6. The third kappa shape index (κ3) is 3.61. The van der Waals surface area contributed by atoms with Gasteiger partial charge in [-0.25, -0.2) is 0 Å². The molecule has 0 heterocycles. The standard InChI is InChI=1S/C21H28O3/c1-7-8-9-10-15-14(4)18(12-17(15)22)24-20(23)19-16(11-13(2)3)21(19,5)6/h7-9,11,16,18-19H,1,10,12H2,2-6H3/b9-8-/t16-,18+,19+/m1/s1/i19+2. The minimum atomic E-state index is -0.402. The second-order valence-electron chi connectivity index (χ2n) is 7.65. The lowest BCUT2D eigenvalue weighted by atomic mass is 10.1. The summed E-state index contributed by atoms with van der Waals surface area (Å²) in [4.78, 5) is 24.8. The van der Waals surface area contributed by atoms with E-state index in [4.69, 9.17) is 4.74 Å². The molecule has 2 aliphatic rings. The lowest BCUT2D eigenvalue weighted by molar-refractivity contribution is -0.150. The molecular formula is C21H28O3. The summed E-state index contributed by atoms with van der Waals surface area (Å²) in [6, 6.07) is 0. The lowest BCUT2D eigenvalue weighted by Gasteiger charge is -2.13. The van der Waals surface area contributed by atoms with E-state index in [0.717, 1.165) is 11.1 Å². The molecule has 0 aliphatic heterocycles. The van der Waals surface area contributed by atoms with Crippen molar-refractivity contribution >= 4 is 11.8 Å². The summed E-state index contributed by atoms with van der Waals surface area (Å²) in [5, 5.41) is 0. The molecule has 1 saturated carbocycles. The average Bonchev–Trinajstić information content (AvgIpc) is 2.90. The van der Waals surface area contributed by atoms with Crippen LogP contribution in [0.3, 0.4) is 0 Å². The quantitative estimate of drug-likeness (QED) is 0.407. The molecule has 0 N–H and O–H groups in total. The van der Waals surface area contributed by atoms with Crippen molar-refractivity contribution in [3.63, 3.8) is 0 Å². The highest BCUT2D eigenvalue weighted by Crippen LogP contribution is 2.60. The molecule has 1 fully saturated rings. The molecule has 0 unspecified atom stereocenters. The fourth-order valence-corrected chi connectivity index (χ4v) is 3.56. The van der Waals surface area contributed by atoms with Gasteiger partial charge in [0.2, 0.25) is 0 Å². The Morgan fingerprint density at radius 2 is 2.08 bits per heavy atom. The molecule has 130 valence electrons. The van der Waals surface area contributed by atoms with Gasteiger partial charge in [-0.3, -0.25) is 9.59 Å². The molecule has 24 heavy (non-hydrogen) atoms. The molecule has 3 heteroatoms. The summed E-state index contributed by atoms with van der Waals surface area (Å²) >= 11 is 0. The molecule has 3 nitrogen and oxygen atoms in total. The van der Waals surface area contributed by atoms with E-state index in [-0.39, 0.29) is 35.4 Å². The highest BCUT2D eigenvalue weighted by Gasteiger charge is 2.61. The van der Waals surface area contributed by atoms with Crippen LogP contribution >= 0.6 is 0 Å². The van der Waals surface area contributed by atoms with Gasteiger partial charge >= 0.3 is 5.97 Å². The largest absolute Gasteiger partial charge is 0.457 e. The third-order valence-corrected chi connectivity index (χ3v) is 5.20. The number of rotatable bonds is 6.